The van der Waals surface area contributed by atoms with E-state index in [4.69, 9.17) is 15.5 Å². The zero-order valence-electron chi connectivity index (χ0n) is 16.5. The fraction of sp³-hybridized carbons (Fsp3) is 0.389. The van der Waals surface area contributed by atoms with E-state index < -0.39 is 19.6 Å². The van der Waals surface area contributed by atoms with Gasteiger partial charge in [-0.2, -0.15) is 13.2 Å². The summed E-state index contributed by atoms with van der Waals surface area (Å²) in [5.74, 6) is 0.128. The molecule has 1 aliphatic carbocycles. The van der Waals surface area contributed by atoms with Crippen molar-refractivity contribution in [2.75, 3.05) is 24.2 Å². The summed E-state index contributed by atoms with van der Waals surface area (Å²) in [6.07, 6.45) is -2.57. The fourth-order valence-electron chi connectivity index (χ4n) is 3.20. The van der Waals surface area contributed by atoms with Crippen LogP contribution in [0.2, 0.25) is 0 Å². The third kappa shape index (κ3) is 5.36. The van der Waals surface area contributed by atoms with Gasteiger partial charge >= 0.3 is 14.0 Å². The molecule has 1 fully saturated rings. The second kappa shape index (κ2) is 8.56. The molecule has 0 atom stereocenters. The minimum Gasteiger partial charge on any atom is -0.398 e. The monoisotopic (exact) mass is 489 g/mol. The highest BCUT2D eigenvalue weighted by Gasteiger charge is 2.36. The van der Waals surface area contributed by atoms with Crippen LogP contribution < -0.4 is 11.1 Å². The number of fused-ring (bicyclic) bond motifs is 1. The number of nitrogen functional groups attached to an aromatic ring is 1. The van der Waals surface area contributed by atoms with Crippen LogP contribution in [0, 0.1) is 0 Å². The summed E-state index contributed by atoms with van der Waals surface area (Å²) >= 11 is 1.07. The van der Waals surface area contributed by atoms with Crippen molar-refractivity contribution in [3.05, 3.63) is 29.3 Å². The van der Waals surface area contributed by atoms with Gasteiger partial charge in [0.1, 0.15) is 5.69 Å². The first kappa shape index (κ1) is 22.9. The lowest BCUT2D eigenvalue weighted by Gasteiger charge is -2.14. The molecule has 3 aromatic rings. The smallest absolute Gasteiger partial charge is 0.398 e. The molecule has 0 radical (unpaired) electrons. The highest BCUT2D eigenvalue weighted by Crippen LogP contribution is 2.45. The van der Waals surface area contributed by atoms with E-state index >= 15 is 0 Å². The van der Waals surface area contributed by atoms with Gasteiger partial charge in [0.05, 0.1) is 17.7 Å². The van der Waals surface area contributed by atoms with Crippen molar-refractivity contribution in [2.24, 2.45) is 0 Å². The Morgan fingerprint density at radius 2 is 2.00 bits per heavy atom. The number of hydrogen-bond acceptors (Lipinski definition) is 8. The Labute approximate surface area is 184 Å². The van der Waals surface area contributed by atoms with Gasteiger partial charge in [-0.25, -0.2) is 9.55 Å². The number of aromatic nitrogens is 3. The van der Waals surface area contributed by atoms with Crippen LogP contribution in [-0.4, -0.2) is 38.1 Å². The maximum absolute atomic E-state index is 13.8. The van der Waals surface area contributed by atoms with Crippen molar-refractivity contribution in [1.29, 1.82) is 0 Å². The van der Waals surface area contributed by atoms with E-state index in [9.17, 15) is 17.7 Å². The number of nitrogens with zero attached hydrogens (tertiary/aromatic N) is 3. The molecule has 0 bridgehead atoms. The molecule has 0 saturated heterocycles. The largest absolute Gasteiger partial charge is 0.469 e. The van der Waals surface area contributed by atoms with Crippen molar-refractivity contribution < 1.29 is 32.0 Å². The number of anilines is 2. The molecule has 32 heavy (non-hydrogen) atoms. The van der Waals surface area contributed by atoms with Gasteiger partial charge in [0.25, 0.3) is 0 Å². The summed E-state index contributed by atoms with van der Waals surface area (Å²) in [6, 6.07) is 4.32. The number of benzene rings is 1. The number of pyridine rings is 1. The van der Waals surface area contributed by atoms with Crippen LogP contribution in [0.3, 0.4) is 0 Å². The van der Waals surface area contributed by atoms with E-state index in [1.54, 1.807) is 6.07 Å². The standard InChI is InChI=1S/C18H19F3N5O4PS/c19-18(20,21)12-7-10(9-2-3-9)6-11-13(22)8-14(24-15(11)12)16-25-26-17(32-16)23-4-1-5-30-31(27,28)29/h6-9H,1-5H2,(H2,22,24)(H,23,26)(H2,27,28,29). The Hall–Kier alpha value is -2.31. The van der Waals surface area contributed by atoms with Crippen molar-refractivity contribution in [1.82, 2.24) is 15.2 Å². The lowest BCUT2D eigenvalue weighted by atomic mass is 10.0. The summed E-state index contributed by atoms with van der Waals surface area (Å²) in [5.41, 5.74) is 6.04. The Morgan fingerprint density at radius 1 is 1.25 bits per heavy atom. The summed E-state index contributed by atoms with van der Waals surface area (Å²) in [7, 11) is -4.51. The van der Waals surface area contributed by atoms with Crippen LogP contribution in [0.15, 0.2) is 18.2 Å². The lowest BCUT2D eigenvalue weighted by molar-refractivity contribution is -0.136. The molecule has 0 spiro atoms. The van der Waals surface area contributed by atoms with E-state index in [1.165, 1.54) is 6.07 Å². The second-order valence-electron chi connectivity index (χ2n) is 7.35. The molecule has 172 valence electrons. The molecule has 9 nitrogen and oxygen atoms in total. The minimum absolute atomic E-state index is 0.128. The maximum atomic E-state index is 13.8. The molecular weight excluding hydrogens is 470 g/mol. The van der Waals surface area contributed by atoms with Crippen LogP contribution >= 0.6 is 19.2 Å². The van der Waals surface area contributed by atoms with Gasteiger partial charge in [-0.3, -0.25) is 4.52 Å². The number of hydrogen-bond donors (Lipinski definition) is 4. The highest BCUT2D eigenvalue weighted by molar-refractivity contribution is 7.46. The average Bonchev–Trinajstić information content (AvgIpc) is 3.43. The number of rotatable bonds is 8. The number of phosphoric acid groups is 1. The van der Waals surface area contributed by atoms with E-state index in [-0.39, 0.29) is 39.8 Å². The Bertz CT molecular complexity index is 1200. The molecule has 1 aromatic carbocycles. The number of phosphoric ester groups is 1. The van der Waals surface area contributed by atoms with Gasteiger partial charge in [-0.15, -0.1) is 10.2 Å². The van der Waals surface area contributed by atoms with Crippen LogP contribution in [0.4, 0.5) is 24.0 Å². The molecule has 1 saturated carbocycles. The van der Waals surface area contributed by atoms with Gasteiger partial charge < -0.3 is 20.8 Å². The SMILES string of the molecule is Nc1cc(-c2nnc(NCCCOP(=O)(O)O)s2)nc2c(C(F)(F)F)cc(C3CC3)cc12. The molecule has 0 unspecified atom stereocenters. The van der Waals surface area contributed by atoms with Crippen LogP contribution in [0.1, 0.15) is 36.3 Å². The van der Waals surface area contributed by atoms with Crippen molar-refractivity contribution >= 4 is 40.9 Å². The van der Waals surface area contributed by atoms with Crippen molar-refractivity contribution in [3.8, 4) is 10.7 Å². The molecule has 14 heteroatoms. The van der Waals surface area contributed by atoms with E-state index in [2.05, 4.69) is 25.0 Å². The van der Waals surface area contributed by atoms with E-state index in [0.717, 1.165) is 30.2 Å². The topological polar surface area (TPSA) is 143 Å². The molecule has 4 rings (SSSR count). The summed E-state index contributed by atoms with van der Waals surface area (Å²) in [4.78, 5) is 21.5. The van der Waals surface area contributed by atoms with Gasteiger partial charge in [0.2, 0.25) is 5.13 Å². The van der Waals surface area contributed by atoms with Crippen molar-refractivity contribution in [3.63, 3.8) is 0 Å². The maximum Gasteiger partial charge on any atom is 0.469 e. The third-order valence-electron chi connectivity index (χ3n) is 4.82. The van der Waals surface area contributed by atoms with Crippen molar-refractivity contribution in [2.45, 2.75) is 31.4 Å². The van der Waals surface area contributed by atoms with E-state index in [1.807, 2.05) is 0 Å². The zero-order valence-corrected chi connectivity index (χ0v) is 18.2. The molecular formula is C18H19F3N5O4PS. The minimum atomic E-state index is -4.58. The first-order chi connectivity index (χ1) is 15.0. The normalized spacial score (nSPS) is 14.8. The highest BCUT2D eigenvalue weighted by atomic mass is 32.1. The first-order valence-electron chi connectivity index (χ1n) is 9.60. The number of nitrogens with two attached hydrogens (primary N) is 1. The Balaban J connectivity index is 1.57. The third-order valence-corrected chi connectivity index (χ3v) is 6.25. The summed E-state index contributed by atoms with van der Waals surface area (Å²) < 4.78 is 56.2. The van der Waals surface area contributed by atoms with E-state index in [0.29, 0.717) is 23.7 Å². The number of nitrogens with one attached hydrogen (secondary N) is 1. The van der Waals surface area contributed by atoms with Gasteiger partial charge in [0, 0.05) is 17.6 Å². The van der Waals surface area contributed by atoms with Gasteiger partial charge in [-0.1, -0.05) is 11.3 Å². The quantitative estimate of drug-likeness (QED) is 0.271. The summed E-state index contributed by atoms with van der Waals surface area (Å²) in [5, 5.41) is 11.7. The lowest BCUT2D eigenvalue weighted by Crippen LogP contribution is -2.09. The number of alkyl halides is 3. The number of halogens is 3. The predicted molar refractivity (Wildman–Crippen MR) is 113 cm³/mol. The molecule has 5 N–H and O–H groups in total. The molecule has 0 aliphatic heterocycles. The van der Waals surface area contributed by atoms with Crippen LogP contribution in [-0.2, 0) is 15.3 Å². The van der Waals surface area contributed by atoms with Crippen LogP contribution in [0.5, 0.6) is 0 Å². The van der Waals surface area contributed by atoms with Gasteiger partial charge in [-0.05, 0) is 48.9 Å². The molecule has 0 amide bonds. The second-order valence-corrected chi connectivity index (χ2v) is 9.57. The molecule has 2 heterocycles. The zero-order chi connectivity index (χ0) is 23.1. The molecule has 1 aliphatic rings. The van der Waals surface area contributed by atoms with Gasteiger partial charge in [0.15, 0.2) is 5.01 Å². The Morgan fingerprint density at radius 3 is 2.66 bits per heavy atom. The first-order valence-corrected chi connectivity index (χ1v) is 11.9. The fourth-order valence-corrected chi connectivity index (χ4v) is 4.30. The Kier molecular flexibility index (Phi) is 6.12. The summed E-state index contributed by atoms with van der Waals surface area (Å²) in [6.45, 7) is 0.138. The predicted octanol–water partition coefficient (Wildman–Crippen LogP) is 4.14. The average molecular weight is 489 g/mol. The molecule has 2 aromatic heterocycles. The van der Waals surface area contributed by atoms with Crippen LogP contribution in [0.25, 0.3) is 21.6 Å².